The second-order valence-electron chi connectivity index (χ2n) is 6.04. The van der Waals surface area contributed by atoms with Crippen LogP contribution < -0.4 is 4.90 Å². The van der Waals surface area contributed by atoms with Crippen molar-refractivity contribution in [2.75, 3.05) is 24.5 Å². The highest BCUT2D eigenvalue weighted by molar-refractivity contribution is 6.42. The lowest BCUT2D eigenvalue weighted by atomic mass is 10.1. The first kappa shape index (κ1) is 19.8. The molecular formula is C16H17Cl3N2O4. The number of amides is 2. The van der Waals surface area contributed by atoms with Gasteiger partial charge in [-0.15, -0.1) is 12.4 Å². The largest absolute Gasteiger partial charge is 0.481 e. The predicted molar refractivity (Wildman–Crippen MR) is 96.5 cm³/mol. The molecular weight excluding hydrogens is 391 g/mol. The van der Waals surface area contributed by atoms with E-state index in [4.69, 9.17) is 28.3 Å². The molecule has 2 aliphatic heterocycles. The molecule has 2 fully saturated rings. The molecule has 0 saturated carbocycles. The average Bonchev–Trinajstić information content (AvgIpc) is 3.16. The summed E-state index contributed by atoms with van der Waals surface area (Å²) in [5.74, 6) is -2.77. The van der Waals surface area contributed by atoms with Gasteiger partial charge in [0.1, 0.15) is 5.92 Å². The molecule has 1 aromatic rings. The lowest BCUT2D eigenvalue weighted by molar-refractivity contribution is -0.142. The molecule has 2 unspecified atom stereocenters. The van der Waals surface area contributed by atoms with E-state index in [0.717, 1.165) is 0 Å². The zero-order valence-corrected chi connectivity index (χ0v) is 15.5. The SMILES string of the molecule is Cl.O=C(O)C1CCN(C(=O)C2CCN(c3ccc(Cl)c(Cl)c3)C2=O)C1. The van der Waals surface area contributed by atoms with Crippen LogP contribution in [0.5, 0.6) is 0 Å². The third-order valence-corrected chi connectivity index (χ3v) is 5.31. The third-order valence-electron chi connectivity index (χ3n) is 4.57. The minimum absolute atomic E-state index is 0. The molecule has 0 bridgehead atoms. The van der Waals surface area contributed by atoms with Gasteiger partial charge in [0.15, 0.2) is 0 Å². The fourth-order valence-electron chi connectivity index (χ4n) is 3.20. The first-order chi connectivity index (χ1) is 11.4. The summed E-state index contributed by atoms with van der Waals surface area (Å²) in [4.78, 5) is 39.2. The molecule has 2 aliphatic rings. The van der Waals surface area contributed by atoms with E-state index in [9.17, 15) is 14.4 Å². The quantitative estimate of drug-likeness (QED) is 0.782. The molecule has 25 heavy (non-hydrogen) atoms. The van der Waals surface area contributed by atoms with Crippen molar-refractivity contribution >= 4 is 59.1 Å². The number of carboxylic acid groups (broad SMARTS) is 1. The Morgan fingerprint density at radius 3 is 2.44 bits per heavy atom. The number of carbonyl (C=O) groups is 3. The molecule has 1 N–H and O–H groups in total. The van der Waals surface area contributed by atoms with Crippen LogP contribution in [0, 0.1) is 11.8 Å². The van der Waals surface area contributed by atoms with Gasteiger partial charge in [-0.2, -0.15) is 0 Å². The Morgan fingerprint density at radius 1 is 1.12 bits per heavy atom. The maximum absolute atomic E-state index is 12.6. The standard InChI is InChI=1S/C16H16Cl2N2O4.ClH/c17-12-2-1-10(7-13(12)18)20-6-4-11(15(20)22)14(21)19-5-3-9(8-19)16(23)24;/h1-2,7,9,11H,3-6,8H2,(H,23,24);1H. The minimum Gasteiger partial charge on any atom is -0.481 e. The number of benzene rings is 1. The van der Waals surface area contributed by atoms with Gasteiger partial charge in [0.05, 0.1) is 16.0 Å². The number of anilines is 1. The Kier molecular flexibility index (Phi) is 6.19. The molecule has 136 valence electrons. The Bertz CT molecular complexity index is 713. The van der Waals surface area contributed by atoms with Crippen LogP contribution in [0.2, 0.25) is 10.0 Å². The van der Waals surface area contributed by atoms with Gasteiger partial charge in [-0.3, -0.25) is 14.4 Å². The molecule has 1 aromatic carbocycles. The normalized spacial score (nSPS) is 22.9. The number of carboxylic acids is 1. The molecule has 0 aromatic heterocycles. The van der Waals surface area contributed by atoms with Crippen molar-refractivity contribution in [1.29, 1.82) is 0 Å². The van der Waals surface area contributed by atoms with Crippen LogP contribution in [-0.2, 0) is 14.4 Å². The van der Waals surface area contributed by atoms with Gasteiger partial charge >= 0.3 is 5.97 Å². The van der Waals surface area contributed by atoms with Crippen molar-refractivity contribution in [2.45, 2.75) is 12.8 Å². The second-order valence-corrected chi connectivity index (χ2v) is 6.85. The topological polar surface area (TPSA) is 77.9 Å². The van der Waals surface area contributed by atoms with Crippen molar-refractivity contribution in [3.63, 3.8) is 0 Å². The van der Waals surface area contributed by atoms with Gasteiger partial charge in [0.25, 0.3) is 0 Å². The summed E-state index contributed by atoms with van der Waals surface area (Å²) in [6.45, 7) is 0.973. The molecule has 2 atom stereocenters. The van der Waals surface area contributed by atoms with Crippen molar-refractivity contribution in [3.05, 3.63) is 28.2 Å². The van der Waals surface area contributed by atoms with Crippen LogP contribution in [0.3, 0.4) is 0 Å². The van der Waals surface area contributed by atoms with Crippen molar-refractivity contribution in [3.8, 4) is 0 Å². The number of rotatable bonds is 3. The van der Waals surface area contributed by atoms with E-state index < -0.39 is 17.8 Å². The van der Waals surface area contributed by atoms with E-state index in [1.165, 1.54) is 9.80 Å². The van der Waals surface area contributed by atoms with Crippen LogP contribution in [0.25, 0.3) is 0 Å². The van der Waals surface area contributed by atoms with E-state index in [-0.39, 0.29) is 30.8 Å². The van der Waals surface area contributed by atoms with Crippen molar-refractivity contribution in [2.24, 2.45) is 11.8 Å². The number of halogens is 3. The number of carbonyl (C=O) groups excluding carboxylic acids is 2. The maximum Gasteiger partial charge on any atom is 0.308 e. The monoisotopic (exact) mass is 406 g/mol. The molecule has 0 radical (unpaired) electrons. The summed E-state index contributed by atoms with van der Waals surface area (Å²) in [5, 5.41) is 9.78. The smallest absolute Gasteiger partial charge is 0.308 e. The summed E-state index contributed by atoms with van der Waals surface area (Å²) >= 11 is 11.9. The first-order valence-corrected chi connectivity index (χ1v) is 8.42. The van der Waals surface area contributed by atoms with Crippen LogP contribution in [0.15, 0.2) is 18.2 Å². The molecule has 2 amide bonds. The van der Waals surface area contributed by atoms with Gasteiger partial charge in [0.2, 0.25) is 11.8 Å². The van der Waals surface area contributed by atoms with Crippen molar-refractivity contribution in [1.82, 2.24) is 4.90 Å². The zero-order valence-electron chi connectivity index (χ0n) is 13.2. The first-order valence-electron chi connectivity index (χ1n) is 7.66. The molecule has 2 saturated heterocycles. The summed E-state index contributed by atoms with van der Waals surface area (Å²) in [6.07, 6.45) is 0.838. The molecule has 2 heterocycles. The lowest BCUT2D eigenvalue weighted by Crippen LogP contribution is -2.39. The van der Waals surface area contributed by atoms with E-state index >= 15 is 0 Å². The van der Waals surface area contributed by atoms with E-state index in [1.54, 1.807) is 18.2 Å². The van der Waals surface area contributed by atoms with E-state index in [2.05, 4.69) is 0 Å². The fourth-order valence-corrected chi connectivity index (χ4v) is 3.49. The molecule has 0 spiro atoms. The molecule has 3 rings (SSSR count). The number of aliphatic carboxylic acids is 1. The number of nitrogens with zero attached hydrogens (tertiary/aromatic N) is 2. The number of likely N-dealkylation sites (tertiary alicyclic amines) is 1. The van der Waals surface area contributed by atoms with E-state index in [1.807, 2.05) is 0 Å². The predicted octanol–water partition coefficient (Wildman–Crippen LogP) is 2.70. The van der Waals surface area contributed by atoms with Crippen molar-refractivity contribution < 1.29 is 19.5 Å². The number of hydrogen-bond acceptors (Lipinski definition) is 3. The van der Waals surface area contributed by atoms with E-state index in [0.29, 0.717) is 41.7 Å². The highest BCUT2D eigenvalue weighted by Crippen LogP contribution is 2.32. The van der Waals surface area contributed by atoms with Gasteiger partial charge in [-0.25, -0.2) is 0 Å². The van der Waals surface area contributed by atoms with Crippen LogP contribution in [-0.4, -0.2) is 47.4 Å². The molecule has 0 aliphatic carbocycles. The van der Waals surface area contributed by atoms with Gasteiger partial charge in [-0.05, 0) is 31.0 Å². The Morgan fingerprint density at radius 2 is 1.84 bits per heavy atom. The lowest BCUT2D eigenvalue weighted by Gasteiger charge is -2.21. The van der Waals surface area contributed by atoms with Gasteiger partial charge in [0, 0.05) is 25.3 Å². The Hall–Kier alpha value is -1.50. The third kappa shape index (κ3) is 3.86. The maximum atomic E-state index is 12.6. The van der Waals surface area contributed by atoms with Crippen LogP contribution >= 0.6 is 35.6 Å². The highest BCUT2D eigenvalue weighted by Gasteiger charge is 2.42. The van der Waals surface area contributed by atoms with Gasteiger partial charge < -0.3 is 14.9 Å². The van der Waals surface area contributed by atoms with Gasteiger partial charge in [-0.1, -0.05) is 23.2 Å². The fraction of sp³-hybridized carbons (Fsp3) is 0.438. The number of hydrogen-bond donors (Lipinski definition) is 1. The summed E-state index contributed by atoms with van der Waals surface area (Å²) in [5.41, 5.74) is 0.606. The zero-order chi connectivity index (χ0) is 17.4. The average molecular weight is 408 g/mol. The second kappa shape index (κ2) is 7.81. The Balaban J connectivity index is 0.00000225. The minimum atomic E-state index is -0.902. The van der Waals surface area contributed by atoms with Crippen LogP contribution in [0.1, 0.15) is 12.8 Å². The van der Waals surface area contributed by atoms with Crippen LogP contribution in [0.4, 0.5) is 5.69 Å². The highest BCUT2D eigenvalue weighted by atomic mass is 35.5. The Labute approximate surface area is 161 Å². The molecule has 9 heteroatoms. The molecule has 6 nitrogen and oxygen atoms in total. The summed E-state index contributed by atoms with van der Waals surface area (Å²) < 4.78 is 0. The summed E-state index contributed by atoms with van der Waals surface area (Å²) in [6, 6.07) is 4.90. The summed E-state index contributed by atoms with van der Waals surface area (Å²) in [7, 11) is 0.